The van der Waals surface area contributed by atoms with Gasteiger partial charge in [-0.3, -0.25) is 5.10 Å². The van der Waals surface area contributed by atoms with E-state index in [1.165, 1.54) is 0 Å². The first-order chi connectivity index (χ1) is 12.4. The third-order valence-electron chi connectivity index (χ3n) is 3.99. The van der Waals surface area contributed by atoms with Crippen molar-refractivity contribution in [3.8, 4) is 11.4 Å². The van der Waals surface area contributed by atoms with Gasteiger partial charge in [-0.2, -0.15) is 5.10 Å². The highest BCUT2D eigenvalue weighted by Gasteiger charge is 2.13. The zero-order chi connectivity index (χ0) is 16.9. The van der Waals surface area contributed by atoms with Gasteiger partial charge < -0.3 is 15.0 Å². The number of nitrogens with one attached hydrogen (secondary N) is 2. The number of aromatic amines is 1. The van der Waals surface area contributed by atoms with Crippen LogP contribution in [0.1, 0.15) is 5.82 Å². The van der Waals surface area contributed by atoms with Gasteiger partial charge in [0, 0.05) is 24.7 Å². The summed E-state index contributed by atoms with van der Waals surface area (Å²) in [5.41, 5.74) is 0.988. The second-order valence-electron chi connectivity index (χ2n) is 5.69. The third-order valence-corrected chi connectivity index (χ3v) is 3.99. The number of morpholine rings is 1. The molecule has 8 heteroatoms. The van der Waals surface area contributed by atoms with Gasteiger partial charge in [0.2, 0.25) is 0 Å². The lowest BCUT2D eigenvalue weighted by atomic mass is 10.2. The Morgan fingerprint density at radius 1 is 1.12 bits per heavy atom. The molecule has 0 aliphatic carbocycles. The van der Waals surface area contributed by atoms with E-state index in [0.29, 0.717) is 12.4 Å². The van der Waals surface area contributed by atoms with Crippen LogP contribution in [0.5, 0.6) is 0 Å². The molecule has 1 aromatic carbocycles. The van der Waals surface area contributed by atoms with Gasteiger partial charge in [-0.05, 0) is 0 Å². The zero-order valence-corrected chi connectivity index (χ0v) is 13.7. The van der Waals surface area contributed by atoms with Crippen LogP contribution in [0.4, 0.5) is 11.6 Å². The van der Waals surface area contributed by atoms with Crippen LogP contribution in [0.15, 0.2) is 42.7 Å². The summed E-state index contributed by atoms with van der Waals surface area (Å²) in [5.74, 6) is 3.11. The number of nitrogens with zero attached hydrogens (tertiary/aromatic N) is 5. The van der Waals surface area contributed by atoms with Crippen LogP contribution in [-0.4, -0.2) is 51.5 Å². The van der Waals surface area contributed by atoms with Gasteiger partial charge in [0.1, 0.15) is 23.8 Å². The Morgan fingerprint density at radius 3 is 2.80 bits per heavy atom. The highest BCUT2D eigenvalue weighted by Crippen LogP contribution is 2.17. The molecular formula is C17H19N7O. The van der Waals surface area contributed by atoms with Gasteiger partial charge in [-0.25, -0.2) is 15.0 Å². The van der Waals surface area contributed by atoms with Gasteiger partial charge in [0.05, 0.1) is 19.8 Å². The first-order valence-corrected chi connectivity index (χ1v) is 8.24. The van der Waals surface area contributed by atoms with Crippen LogP contribution in [0.25, 0.3) is 11.4 Å². The lowest BCUT2D eigenvalue weighted by Gasteiger charge is -2.27. The molecule has 0 amide bonds. The van der Waals surface area contributed by atoms with Crippen molar-refractivity contribution in [2.45, 2.75) is 6.54 Å². The number of H-pyrrole nitrogens is 1. The van der Waals surface area contributed by atoms with E-state index >= 15 is 0 Å². The first-order valence-electron chi connectivity index (χ1n) is 8.24. The summed E-state index contributed by atoms with van der Waals surface area (Å²) in [6, 6.07) is 11.8. The number of ether oxygens (including phenoxy) is 1. The fraction of sp³-hybridized carbons (Fsp3) is 0.294. The Morgan fingerprint density at radius 2 is 1.96 bits per heavy atom. The Kier molecular flexibility index (Phi) is 4.51. The number of hydrogen-bond acceptors (Lipinski definition) is 7. The Hall–Kier alpha value is -3.00. The van der Waals surface area contributed by atoms with Crippen molar-refractivity contribution in [2.24, 2.45) is 0 Å². The molecule has 1 aliphatic heterocycles. The van der Waals surface area contributed by atoms with E-state index in [2.05, 4.69) is 35.4 Å². The zero-order valence-electron chi connectivity index (χ0n) is 13.7. The molecule has 3 heterocycles. The van der Waals surface area contributed by atoms with Crippen LogP contribution in [0, 0.1) is 0 Å². The Labute approximate surface area is 145 Å². The van der Waals surface area contributed by atoms with Gasteiger partial charge in [-0.15, -0.1) is 0 Å². The minimum absolute atomic E-state index is 0.513. The average molecular weight is 337 g/mol. The van der Waals surface area contributed by atoms with Gasteiger partial charge >= 0.3 is 0 Å². The molecule has 1 fully saturated rings. The van der Waals surface area contributed by atoms with E-state index < -0.39 is 0 Å². The van der Waals surface area contributed by atoms with E-state index in [9.17, 15) is 0 Å². The molecule has 128 valence electrons. The van der Waals surface area contributed by atoms with Crippen molar-refractivity contribution in [2.75, 3.05) is 36.5 Å². The van der Waals surface area contributed by atoms with Crippen LogP contribution >= 0.6 is 0 Å². The van der Waals surface area contributed by atoms with E-state index in [1.54, 1.807) is 6.33 Å². The summed E-state index contributed by atoms with van der Waals surface area (Å²) in [4.78, 5) is 15.3. The van der Waals surface area contributed by atoms with Crippen LogP contribution < -0.4 is 10.2 Å². The minimum atomic E-state index is 0.513. The standard InChI is InChI=1S/C17H19N7O/c1-2-4-13(5-3-1)17-21-15(22-23-17)11-18-14-10-16(20-12-19-14)24-6-8-25-9-7-24/h1-5,10,12H,6-9,11H2,(H,18,19,20)(H,21,22,23). The molecule has 0 atom stereocenters. The fourth-order valence-electron chi connectivity index (χ4n) is 2.67. The van der Waals surface area contributed by atoms with Crippen LogP contribution in [-0.2, 0) is 11.3 Å². The van der Waals surface area contributed by atoms with Crippen molar-refractivity contribution >= 4 is 11.6 Å². The quantitative estimate of drug-likeness (QED) is 0.732. The molecule has 2 N–H and O–H groups in total. The Balaban J connectivity index is 1.41. The first kappa shape index (κ1) is 15.5. The maximum Gasteiger partial charge on any atom is 0.181 e. The number of anilines is 2. The van der Waals surface area contributed by atoms with Crippen LogP contribution in [0.2, 0.25) is 0 Å². The molecule has 0 saturated carbocycles. The minimum Gasteiger partial charge on any atom is -0.378 e. The summed E-state index contributed by atoms with van der Waals surface area (Å²) >= 11 is 0. The van der Waals surface area contributed by atoms with Crippen molar-refractivity contribution in [1.82, 2.24) is 25.1 Å². The molecule has 8 nitrogen and oxygen atoms in total. The lowest BCUT2D eigenvalue weighted by molar-refractivity contribution is 0.122. The smallest absolute Gasteiger partial charge is 0.181 e. The molecule has 4 rings (SSSR count). The van der Waals surface area contributed by atoms with E-state index in [1.807, 2.05) is 36.4 Å². The van der Waals surface area contributed by atoms with Gasteiger partial charge in [-0.1, -0.05) is 30.3 Å². The highest BCUT2D eigenvalue weighted by atomic mass is 16.5. The summed E-state index contributed by atoms with van der Waals surface area (Å²) < 4.78 is 5.38. The second kappa shape index (κ2) is 7.27. The number of benzene rings is 1. The average Bonchev–Trinajstić information content (AvgIpc) is 3.17. The summed E-state index contributed by atoms with van der Waals surface area (Å²) in [6.07, 6.45) is 1.57. The highest BCUT2D eigenvalue weighted by molar-refractivity contribution is 5.54. The molecule has 1 aliphatic rings. The second-order valence-corrected chi connectivity index (χ2v) is 5.69. The van der Waals surface area contributed by atoms with E-state index in [-0.39, 0.29) is 0 Å². The molecule has 25 heavy (non-hydrogen) atoms. The van der Waals surface area contributed by atoms with E-state index in [0.717, 1.165) is 49.3 Å². The third kappa shape index (κ3) is 3.74. The molecule has 0 spiro atoms. The maximum absolute atomic E-state index is 5.38. The normalized spacial score (nSPS) is 14.5. The fourth-order valence-corrected chi connectivity index (χ4v) is 2.67. The molecule has 3 aromatic rings. The van der Waals surface area contributed by atoms with E-state index in [4.69, 9.17) is 4.74 Å². The topological polar surface area (TPSA) is 91.9 Å². The lowest BCUT2D eigenvalue weighted by Crippen LogP contribution is -2.36. The molecule has 0 radical (unpaired) electrons. The van der Waals surface area contributed by atoms with Gasteiger partial charge in [0.25, 0.3) is 0 Å². The van der Waals surface area contributed by atoms with Crippen LogP contribution in [0.3, 0.4) is 0 Å². The molecule has 0 unspecified atom stereocenters. The predicted molar refractivity (Wildman–Crippen MR) is 94.2 cm³/mol. The van der Waals surface area contributed by atoms with Crippen molar-refractivity contribution in [3.63, 3.8) is 0 Å². The maximum atomic E-state index is 5.38. The Bertz CT molecular complexity index is 815. The van der Waals surface area contributed by atoms with Gasteiger partial charge in [0.15, 0.2) is 5.82 Å². The van der Waals surface area contributed by atoms with Crippen molar-refractivity contribution in [1.29, 1.82) is 0 Å². The molecule has 1 saturated heterocycles. The number of hydrogen-bond donors (Lipinski definition) is 2. The SMILES string of the molecule is c1ccc(-c2n[nH]c(CNc3cc(N4CCOCC4)ncn3)n2)cc1. The molecule has 2 aromatic heterocycles. The van der Waals surface area contributed by atoms with Crippen molar-refractivity contribution < 1.29 is 4.74 Å². The summed E-state index contributed by atoms with van der Waals surface area (Å²) in [7, 11) is 0. The largest absolute Gasteiger partial charge is 0.378 e. The van der Waals surface area contributed by atoms with Crippen molar-refractivity contribution in [3.05, 3.63) is 48.5 Å². The predicted octanol–water partition coefficient (Wildman–Crippen LogP) is 1.71. The summed E-state index contributed by atoms with van der Waals surface area (Å²) in [6.45, 7) is 3.66. The number of rotatable bonds is 5. The molecule has 0 bridgehead atoms. The summed E-state index contributed by atoms with van der Waals surface area (Å²) in [5, 5.41) is 10.5. The number of aromatic nitrogens is 5. The monoisotopic (exact) mass is 337 g/mol. The molecular weight excluding hydrogens is 318 g/mol.